The molecule has 2 N–H and O–H groups in total. The number of aromatic nitrogens is 1. The van der Waals surface area contributed by atoms with Gasteiger partial charge in [0.25, 0.3) is 5.91 Å². The number of amides is 1. The molecule has 1 aliphatic heterocycles. The Balaban J connectivity index is 1.40. The molecular weight excluding hydrogens is 398 g/mol. The lowest BCUT2D eigenvalue weighted by Crippen LogP contribution is -2.44. The molecule has 1 fully saturated rings. The number of benzene rings is 2. The number of rotatable bonds is 6. The van der Waals surface area contributed by atoms with Crippen LogP contribution in [0.2, 0.25) is 0 Å². The smallest absolute Gasteiger partial charge is 0.253 e. The first-order chi connectivity index (χ1) is 15.5. The standard InChI is InChI=1S/C26H31N5O/c1-19-7-6-10-23(20(19)2)29-24-9-5-4-8-22(24)26(32)28-18-21-11-12-25(27-17-21)31-15-13-30(3)14-16-31/h4-12,17,29H,13-16,18H2,1-3H3,(H,28,32). The summed E-state index contributed by atoms with van der Waals surface area (Å²) in [7, 11) is 2.15. The molecule has 3 aromatic rings. The van der Waals surface area contributed by atoms with Crippen LogP contribution in [0.4, 0.5) is 17.2 Å². The summed E-state index contributed by atoms with van der Waals surface area (Å²) in [6.07, 6.45) is 1.86. The van der Waals surface area contributed by atoms with E-state index in [4.69, 9.17) is 0 Å². The van der Waals surface area contributed by atoms with Crippen molar-refractivity contribution in [1.29, 1.82) is 0 Å². The molecule has 0 unspecified atom stereocenters. The van der Waals surface area contributed by atoms with Gasteiger partial charge in [-0.15, -0.1) is 0 Å². The first-order valence-electron chi connectivity index (χ1n) is 11.1. The topological polar surface area (TPSA) is 60.5 Å². The Morgan fingerprint density at radius 1 is 0.938 bits per heavy atom. The van der Waals surface area contributed by atoms with Crippen molar-refractivity contribution in [2.75, 3.05) is 43.4 Å². The summed E-state index contributed by atoms with van der Waals surface area (Å²) in [5.41, 5.74) is 5.79. The van der Waals surface area contributed by atoms with Crippen molar-refractivity contribution in [1.82, 2.24) is 15.2 Å². The molecule has 0 atom stereocenters. The van der Waals surface area contributed by atoms with Gasteiger partial charge in [0.15, 0.2) is 0 Å². The van der Waals surface area contributed by atoms with Crippen LogP contribution < -0.4 is 15.5 Å². The van der Waals surface area contributed by atoms with Gasteiger partial charge in [-0.2, -0.15) is 0 Å². The predicted molar refractivity (Wildman–Crippen MR) is 131 cm³/mol. The van der Waals surface area contributed by atoms with E-state index < -0.39 is 0 Å². The first kappa shape index (κ1) is 21.8. The second kappa shape index (κ2) is 9.83. The van der Waals surface area contributed by atoms with E-state index in [2.05, 4.69) is 52.4 Å². The van der Waals surface area contributed by atoms with E-state index in [1.54, 1.807) is 0 Å². The average molecular weight is 430 g/mol. The van der Waals surface area contributed by atoms with Gasteiger partial charge in [0, 0.05) is 44.6 Å². The lowest BCUT2D eigenvalue weighted by molar-refractivity contribution is 0.0951. The lowest BCUT2D eigenvalue weighted by Gasteiger charge is -2.33. The molecule has 1 aliphatic rings. The van der Waals surface area contributed by atoms with Crippen molar-refractivity contribution in [3.05, 3.63) is 83.0 Å². The van der Waals surface area contributed by atoms with Crippen molar-refractivity contribution >= 4 is 23.1 Å². The van der Waals surface area contributed by atoms with Crippen LogP contribution in [-0.4, -0.2) is 49.0 Å². The SMILES string of the molecule is Cc1cccc(Nc2ccccc2C(=O)NCc2ccc(N3CCN(C)CC3)nc2)c1C. The second-order valence-electron chi connectivity index (χ2n) is 8.42. The fraction of sp³-hybridized carbons (Fsp3) is 0.308. The Bertz CT molecular complexity index is 1070. The van der Waals surface area contributed by atoms with Gasteiger partial charge in [-0.25, -0.2) is 4.98 Å². The molecule has 2 aromatic carbocycles. The molecule has 0 bridgehead atoms. The van der Waals surface area contributed by atoms with Gasteiger partial charge in [-0.1, -0.05) is 30.3 Å². The number of hydrogen-bond donors (Lipinski definition) is 2. The van der Waals surface area contributed by atoms with Crippen molar-refractivity contribution in [2.24, 2.45) is 0 Å². The molecule has 0 radical (unpaired) electrons. The molecule has 0 saturated carbocycles. The van der Waals surface area contributed by atoms with E-state index >= 15 is 0 Å². The number of nitrogens with zero attached hydrogens (tertiary/aromatic N) is 3. The molecule has 0 aliphatic carbocycles. The Labute approximate surface area is 190 Å². The van der Waals surface area contributed by atoms with E-state index in [1.807, 2.05) is 54.7 Å². The quantitative estimate of drug-likeness (QED) is 0.617. The Morgan fingerprint density at radius 3 is 2.44 bits per heavy atom. The first-order valence-corrected chi connectivity index (χ1v) is 11.1. The average Bonchev–Trinajstić information content (AvgIpc) is 2.82. The number of aryl methyl sites for hydroxylation is 1. The number of hydrogen-bond acceptors (Lipinski definition) is 5. The lowest BCUT2D eigenvalue weighted by atomic mass is 10.1. The van der Waals surface area contributed by atoms with E-state index in [1.165, 1.54) is 11.1 Å². The number of piperazine rings is 1. The molecule has 166 valence electrons. The highest BCUT2D eigenvalue weighted by atomic mass is 16.1. The molecule has 6 nitrogen and oxygen atoms in total. The summed E-state index contributed by atoms with van der Waals surface area (Å²) in [5.74, 6) is 0.887. The van der Waals surface area contributed by atoms with Crippen LogP contribution in [0, 0.1) is 13.8 Å². The number of anilines is 3. The zero-order valence-electron chi connectivity index (χ0n) is 19.1. The summed E-state index contributed by atoms with van der Waals surface area (Å²) in [6, 6.07) is 17.8. The molecule has 6 heteroatoms. The molecule has 2 heterocycles. The highest BCUT2D eigenvalue weighted by molar-refractivity contribution is 6.00. The van der Waals surface area contributed by atoms with Gasteiger partial charge in [0.05, 0.1) is 11.3 Å². The largest absolute Gasteiger partial charge is 0.355 e. The molecule has 1 aromatic heterocycles. The summed E-state index contributed by atoms with van der Waals surface area (Å²) in [4.78, 5) is 22.2. The van der Waals surface area contributed by atoms with Gasteiger partial charge in [0.2, 0.25) is 0 Å². The highest BCUT2D eigenvalue weighted by Crippen LogP contribution is 2.25. The fourth-order valence-electron chi connectivity index (χ4n) is 3.84. The van der Waals surface area contributed by atoms with Gasteiger partial charge in [-0.3, -0.25) is 4.79 Å². The predicted octanol–water partition coefficient (Wildman–Crippen LogP) is 4.12. The number of carbonyl (C=O) groups is 1. The number of carbonyl (C=O) groups excluding carboxylic acids is 1. The molecule has 4 rings (SSSR count). The van der Waals surface area contributed by atoms with Crippen LogP contribution in [0.15, 0.2) is 60.8 Å². The third-order valence-electron chi connectivity index (χ3n) is 6.14. The number of pyridine rings is 1. The summed E-state index contributed by atoms with van der Waals surface area (Å²) >= 11 is 0. The van der Waals surface area contributed by atoms with Crippen LogP contribution in [0.25, 0.3) is 0 Å². The van der Waals surface area contributed by atoms with Crippen LogP contribution >= 0.6 is 0 Å². The van der Waals surface area contributed by atoms with Crippen LogP contribution in [-0.2, 0) is 6.54 Å². The minimum absolute atomic E-state index is 0.110. The van der Waals surface area contributed by atoms with Crippen LogP contribution in [0.5, 0.6) is 0 Å². The van der Waals surface area contributed by atoms with E-state index in [0.717, 1.165) is 48.9 Å². The van der Waals surface area contributed by atoms with Gasteiger partial charge < -0.3 is 20.4 Å². The third-order valence-corrected chi connectivity index (χ3v) is 6.14. The highest BCUT2D eigenvalue weighted by Gasteiger charge is 2.15. The number of likely N-dealkylation sites (N-methyl/N-ethyl adjacent to an activating group) is 1. The summed E-state index contributed by atoms with van der Waals surface area (Å²) < 4.78 is 0. The van der Waals surface area contributed by atoms with E-state index in [9.17, 15) is 4.79 Å². The maximum Gasteiger partial charge on any atom is 0.253 e. The van der Waals surface area contributed by atoms with Gasteiger partial charge in [-0.05, 0) is 61.9 Å². The van der Waals surface area contributed by atoms with Crippen molar-refractivity contribution in [2.45, 2.75) is 20.4 Å². The summed E-state index contributed by atoms with van der Waals surface area (Å²) in [5, 5.41) is 6.46. The van der Waals surface area contributed by atoms with Crippen LogP contribution in [0.3, 0.4) is 0 Å². The molecular formula is C26H31N5O. The molecule has 1 saturated heterocycles. The minimum atomic E-state index is -0.110. The van der Waals surface area contributed by atoms with E-state index in [0.29, 0.717) is 12.1 Å². The van der Waals surface area contributed by atoms with Crippen molar-refractivity contribution in [3.63, 3.8) is 0 Å². The maximum atomic E-state index is 12.9. The van der Waals surface area contributed by atoms with Gasteiger partial charge in [0.1, 0.15) is 5.82 Å². The Kier molecular flexibility index (Phi) is 6.71. The molecule has 32 heavy (non-hydrogen) atoms. The normalized spacial score (nSPS) is 14.3. The second-order valence-corrected chi connectivity index (χ2v) is 8.42. The monoisotopic (exact) mass is 429 g/mol. The number of nitrogens with one attached hydrogen (secondary N) is 2. The molecule has 0 spiro atoms. The van der Waals surface area contributed by atoms with Gasteiger partial charge >= 0.3 is 0 Å². The van der Waals surface area contributed by atoms with Crippen molar-refractivity contribution < 1.29 is 4.79 Å². The Hall–Kier alpha value is -3.38. The van der Waals surface area contributed by atoms with Crippen LogP contribution in [0.1, 0.15) is 27.0 Å². The van der Waals surface area contributed by atoms with Crippen molar-refractivity contribution in [3.8, 4) is 0 Å². The summed E-state index contributed by atoms with van der Waals surface area (Å²) in [6.45, 7) is 8.69. The zero-order chi connectivity index (χ0) is 22.5. The maximum absolute atomic E-state index is 12.9. The third kappa shape index (κ3) is 5.08. The fourth-order valence-corrected chi connectivity index (χ4v) is 3.84. The minimum Gasteiger partial charge on any atom is -0.355 e. The van der Waals surface area contributed by atoms with E-state index in [-0.39, 0.29) is 5.91 Å². The number of para-hydroxylation sites is 1. The Morgan fingerprint density at radius 2 is 1.69 bits per heavy atom. The molecule has 1 amide bonds. The zero-order valence-corrected chi connectivity index (χ0v) is 19.1.